The molecule has 27 heavy (non-hydrogen) atoms. The molecule has 0 aliphatic carbocycles. The maximum absolute atomic E-state index is 11.9. The Balaban J connectivity index is 1.75. The zero-order chi connectivity index (χ0) is 19.8. The molecule has 3 N–H and O–H groups in total. The van der Waals surface area contributed by atoms with Gasteiger partial charge in [-0.2, -0.15) is 9.97 Å². The van der Waals surface area contributed by atoms with Gasteiger partial charge in [0.15, 0.2) is 11.2 Å². The number of aromatic nitrogens is 4. The summed E-state index contributed by atoms with van der Waals surface area (Å²) in [5.41, 5.74) is 6.72. The van der Waals surface area contributed by atoms with Gasteiger partial charge in [0.05, 0.1) is 32.3 Å². The second-order valence-corrected chi connectivity index (χ2v) is 8.10. The molecule has 3 rings (SSSR count). The molecular weight excluding hydrogens is 377 g/mol. The van der Waals surface area contributed by atoms with Crippen LogP contribution in [-0.2, 0) is 18.3 Å². The van der Waals surface area contributed by atoms with Gasteiger partial charge in [-0.25, -0.2) is 9.55 Å². The molecule has 0 saturated carbocycles. The Morgan fingerprint density at radius 1 is 1.48 bits per heavy atom. The molecule has 0 radical (unpaired) electrons. The van der Waals surface area contributed by atoms with Crippen molar-refractivity contribution in [2.45, 2.75) is 45.6 Å². The molecule has 2 aromatic heterocycles. The van der Waals surface area contributed by atoms with Gasteiger partial charge in [0.2, 0.25) is 11.8 Å². The summed E-state index contributed by atoms with van der Waals surface area (Å²) in [5.74, 6) is 0.440. The summed E-state index contributed by atoms with van der Waals surface area (Å²) in [4.78, 5) is 22.2. The van der Waals surface area contributed by atoms with Crippen LogP contribution < -0.4 is 10.5 Å². The molecule has 11 nitrogen and oxygen atoms in total. The highest BCUT2D eigenvalue weighted by atomic mass is 31.2. The van der Waals surface area contributed by atoms with Crippen LogP contribution in [0.1, 0.15) is 33.4 Å². The average Bonchev–Trinajstić information content (AvgIpc) is 3.14. The Labute approximate surface area is 156 Å². The van der Waals surface area contributed by atoms with Crippen LogP contribution in [0.15, 0.2) is 6.33 Å². The predicted molar refractivity (Wildman–Crippen MR) is 96.0 cm³/mol. The number of anilines is 1. The van der Waals surface area contributed by atoms with Crippen molar-refractivity contribution >= 4 is 24.9 Å². The number of ether oxygens (including phenoxy) is 2. The first-order valence-electron chi connectivity index (χ1n) is 8.55. The van der Waals surface area contributed by atoms with E-state index in [0.717, 1.165) is 0 Å². The molecular formula is C15H24N5O6P. The predicted octanol–water partition coefficient (Wildman–Crippen LogP) is 1.88. The van der Waals surface area contributed by atoms with Gasteiger partial charge in [0, 0.05) is 5.92 Å². The lowest BCUT2D eigenvalue weighted by Crippen LogP contribution is -2.17. The summed E-state index contributed by atoms with van der Waals surface area (Å²) in [6, 6.07) is 0. The van der Waals surface area contributed by atoms with E-state index >= 15 is 0 Å². The first-order chi connectivity index (χ1) is 12.7. The molecule has 0 aromatic carbocycles. The highest BCUT2D eigenvalue weighted by Gasteiger charge is 2.36. The number of fused-ring (bicyclic) bond motifs is 1. The van der Waals surface area contributed by atoms with Gasteiger partial charge in [0.1, 0.15) is 6.23 Å². The smallest absolute Gasteiger partial charge is 0.472 e. The highest BCUT2D eigenvalue weighted by Crippen LogP contribution is 2.46. The minimum atomic E-state index is -4.11. The minimum Gasteiger partial charge on any atom is -0.479 e. The third-order valence-electron chi connectivity index (χ3n) is 4.10. The minimum absolute atomic E-state index is 0.0611. The largest absolute Gasteiger partial charge is 0.479 e. The third-order valence-corrected chi connectivity index (χ3v) is 5.26. The van der Waals surface area contributed by atoms with Crippen molar-refractivity contribution < 1.29 is 28.0 Å². The SMILES string of the molecule is COc1nc(N)nc2c1ncn2C1OC(COP(=O)(O)OC(C)C)CC1C. The van der Waals surface area contributed by atoms with Crippen LogP contribution in [0.2, 0.25) is 0 Å². The molecule has 2 aromatic rings. The van der Waals surface area contributed by atoms with Crippen molar-refractivity contribution in [3.63, 3.8) is 0 Å². The van der Waals surface area contributed by atoms with Crippen LogP contribution in [0.3, 0.4) is 0 Å². The van der Waals surface area contributed by atoms with Gasteiger partial charge in [-0.15, -0.1) is 0 Å². The summed E-state index contributed by atoms with van der Waals surface area (Å²) in [7, 11) is -2.63. The summed E-state index contributed by atoms with van der Waals surface area (Å²) in [6.07, 6.45) is 1.04. The normalized spacial score (nSPS) is 25.2. The molecule has 1 aliphatic rings. The molecule has 1 saturated heterocycles. The van der Waals surface area contributed by atoms with E-state index in [2.05, 4.69) is 15.0 Å². The summed E-state index contributed by atoms with van der Waals surface area (Å²) >= 11 is 0. The van der Waals surface area contributed by atoms with E-state index in [4.69, 9.17) is 24.3 Å². The molecule has 1 aliphatic heterocycles. The number of nitrogens with zero attached hydrogens (tertiary/aromatic N) is 4. The zero-order valence-electron chi connectivity index (χ0n) is 15.6. The van der Waals surface area contributed by atoms with Crippen LogP contribution in [-0.4, -0.2) is 50.3 Å². The summed E-state index contributed by atoms with van der Waals surface area (Å²) < 4.78 is 34.8. The van der Waals surface area contributed by atoms with Crippen molar-refractivity contribution in [2.75, 3.05) is 19.5 Å². The fourth-order valence-corrected chi connectivity index (χ4v) is 4.02. The zero-order valence-corrected chi connectivity index (χ0v) is 16.5. The Kier molecular flexibility index (Phi) is 5.68. The van der Waals surface area contributed by atoms with E-state index in [1.807, 2.05) is 6.92 Å². The van der Waals surface area contributed by atoms with Crippen LogP contribution in [0.25, 0.3) is 11.2 Å². The monoisotopic (exact) mass is 401 g/mol. The van der Waals surface area contributed by atoms with Gasteiger partial charge in [-0.1, -0.05) is 6.92 Å². The lowest BCUT2D eigenvalue weighted by Gasteiger charge is -2.19. The van der Waals surface area contributed by atoms with Gasteiger partial charge in [-0.05, 0) is 20.3 Å². The van der Waals surface area contributed by atoms with Gasteiger partial charge < -0.3 is 20.1 Å². The Hall–Kier alpha value is -1.78. The topological polar surface area (TPSA) is 144 Å². The Bertz CT molecular complexity index is 859. The number of methoxy groups -OCH3 is 1. The highest BCUT2D eigenvalue weighted by molar-refractivity contribution is 7.47. The van der Waals surface area contributed by atoms with Crippen LogP contribution in [0, 0.1) is 5.92 Å². The van der Waals surface area contributed by atoms with Crippen molar-refractivity contribution in [3.8, 4) is 5.88 Å². The molecule has 12 heteroatoms. The summed E-state index contributed by atoms with van der Waals surface area (Å²) in [5, 5.41) is 0. The molecule has 150 valence electrons. The van der Waals surface area contributed by atoms with E-state index in [0.29, 0.717) is 17.6 Å². The number of rotatable bonds is 7. The molecule has 0 bridgehead atoms. The summed E-state index contributed by atoms with van der Waals surface area (Å²) in [6.45, 7) is 5.25. The average molecular weight is 401 g/mol. The number of hydrogen-bond donors (Lipinski definition) is 2. The van der Waals surface area contributed by atoms with Crippen molar-refractivity contribution in [1.82, 2.24) is 19.5 Å². The molecule has 0 amide bonds. The lowest BCUT2D eigenvalue weighted by molar-refractivity contribution is -0.0315. The second kappa shape index (κ2) is 7.69. The van der Waals surface area contributed by atoms with Crippen molar-refractivity contribution in [1.29, 1.82) is 0 Å². The Morgan fingerprint density at radius 3 is 2.89 bits per heavy atom. The van der Waals surface area contributed by atoms with Crippen molar-refractivity contribution in [3.05, 3.63) is 6.33 Å². The van der Waals surface area contributed by atoms with E-state index in [1.54, 1.807) is 24.7 Å². The number of hydrogen-bond acceptors (Lipinski definition) is 9. The number of nitrogen functional groups attached to an aromatic ring is 1. The van der Waals surface area contributed by atoms with Crippen LogP contribution in [0.4, 0.5) is 5.95 Å². The maximum atomic E-state index is 11.9. The van der Waals surface area contributed by atoms with Gasteiger partial charge in [-0.3, -0.25) is 13.6 Å². The molecule has 3 heterocycles. The molecule has 4 unspecified atom stereocenters. The van der Waals surface area contributed by atoms with E-state index in [9.17, 15) is 9.46 Å². The van der Waals surface area contributed by atoms with E-state index < -0.39 is 13.9 Å². The number of imidazole rings is 1. The standard InChI is InChI=1S/C15H24N5O6P/c1-8(2)26-27(21,22)24-6-10-5-9(3)14(25-10)20-7-17-11-12(20)18-15(16)19-13(11)23-4/h7-10,14H,5-6H2,1-4H3,(H,21,22)(H2,16,18,19). The first-order valence-corrected chi connectivity index (χ1v) is 10.0. The number of nitrogens with two attached hydrogens (primary N) is 1. The maximum Gasteiger partial charge on any atom is 0.472 e. The van der Waals surface area contributed by atoms with E-state index in [-0.39, 0.29) is 36.7 Å². The Morgan fingerprint density at radius 2 is 2.22 bits per heavy atom. The van der Waals surface area contributed by atoms with Gasteiger partial charge in [0.25, 0.3) is 0 Å². The fraction of sp³-hybridized carbons (Fsp3) is 0.667. The molecule has 0 spiro atoms. The third kappa shape index (κ3) is 4.39. The van der Waals surface area contributed by atoms with Crippen LogP contribution in [0.5, 0.6) is 5.88 Å². The molecule has 1 fully saturated rings. The second-order valence-electron chi connectivity index (χ2n) is 6.70. The molecule has 4 atom stereocenters. The quantitative estimate of drug-likeness (QED) is 0.660. The fourth-order valence-electron chi connectivity index (χ4n) is 3.07. The van der Waals surface area contributed by atoms with Gasteiger partial charge >= 0.3 is 7.82 Å². The van der Waals surface area contributed by atoms with E-state index in [1.165, 1.54) is 7.11 Å². The van der Waals surface area contributed by atoms with Crippen LogP contribution >= 0.6 is 7.82 Å². The van der Waals surface area contributed by atoms with Crippen molar-refractivity contribution in [2.24, 2.45) is 5.92 Å². The lowest BCUT2D eigenvalue weighted by atomic mass is 10.1. The first kappa shape index (κ1) is 20.0. The number of phosphoric ester groups is 1. The number of phosphoric acid groups is 1.